The molecule has 0 aromatic rings. The first-order chi connectivity index (χ1) is 2.64. The van der Waals surface area contributed by atoms with E-state index in [-0.39, 0.29) is 7.43 Å². The van der Waals surface area contributed by atoms with Crippen LogP contribution in [0.15, 0.2) is 0 Å². The molecule has 0 aliphatic heterocycles. The first-order valence-corrected chi connectivity index (χ1v) is 2.34. The van der Waals surface area contributed by atoms with E-state index in [4.69, 9.17) is 0 Å². The molecule has 3 heteroatoms. The molecule has 0 aliphatic carbocycles. The van der Waals surface area contributed by atoms with Gasteiger partial charge in [-0.2, -0.15) is 0 Å². The minimum Gasteiger partial charge on any atom is -0.411 e. The SMILES string of the molecule is CN(C)C(=S)[S-].[CH3+]. The molecule has 0 N–H and O–H groups in total. The van der Waals surface area contributed by atoms with Crippen molar-refractivity contribution in [2.75, 3.05) is 14.1 Å². The normalized spacial score (nSPS) is 6.57. The maximum Gasteiger partial charge on any atom is 0.0467 e. The summed E-state index contributed by atoms with van der Waals surface area (Å²) in [5.41, 5.74) is 0. The van der Waals surface area contributed by atoms with Gasteiger partial charge < -0.3 is 29.7 Å². The van der Waals surface area contributed by atoms with Gasteiger partial charge in [0.05, 0.1) is 0 Å². The quantitative estimate of drug-likeness (QED) is 0.275. The first-order valence-electron chi connectivity index (χ1n) is 1.53. The summed E-state index contributed by atoms with van der Waals surface area (Å²) in [4.78, 5) is 1.71. The summed E-state index contributed by atoms with van der Waals surface area (Å²) in [6, 6.07) is 0. The molecule has 0 aromatic heterocycles. The predicted molar refractivity (Wildman–Crippen MR) is 40.1 cm³/mol. The average Bonchev–Trinajstić information content (AvgIpc) is 1.36. The van der Waals surface area contributed by atoms with Crippen molar-refractivity contribution in [2.45, 2.75) is 0 Å². The average molecular weight is 135 g/mol. The molecule has 0 aliphatic rings. The Hall–Kier alpha value is -0.0200. The molecule has 0 fully saturated rings. The zero-order chi connectivity index (χ0) is 5.15. The van der Waals surface area contributed by atoms with Gasteiger partial charge in [-0.3, -0.25) is 0 Å². The fourth-order valence-corrected chi connectivity index (χ4v) is 0. The molecular weight excluding hydrogens is 126 g/mol. The number of rotatable bonds is 0. The lowest BCUT2D eigenvalue weighted by Gasteiger charge is -2.15. The van der Waals surface area contributed by atoms with E-state index in [9.17, 15) is 0 Å². The largest absolute Gasteiger partial charge is 0.411 e. The highest BCUT2D eigenvalue weighted by Crippen LogP contribution is 1.74. The summed E-state index contributed by atoms with van der Waals surface area (Å²) in [7, 11) is 3.66. The van der Waals surface area contributed by atoms with Gasteiger partial charge in [-0.15, -0.1) is 0 Å². The molecule has 0 heterocycles. The van der Waals surface area contributed by atoms with Crippen LogP contribution in [0.2, 0.25) is 0 Å². The van der Waals surface area contributed by atoms with Gasteiger partial charge in [0.2, 0.25) is 0 Å². The summed E-state index contributed by atoms with van der Waals surface area (Å²) in [6.07, 6.45) is 0. The lowest BCUT2D eigenvalue weighted by atomic mass is 11.0. The second kappa shape index (κ2) is 4.15. The van der Waals surface area contributed by atoms with E-state index in [1.54, 1.807) is 4.90 Å². The second-order valence-electron chi connectivity index (χ2n) is 1.16. The smallest absolute Gasteiger partial charge is 0.0467 e. The van der Waals surface area contributed by atoms with Crippen LogP contribution in [0.5, 0.6) is 0 Å². The van der Waals surface area contributed by atoms with Crippen LogP contribution in [0, 0.1) is 7.43 Å². The molecule has 0 bridgehead atoms. The van der Waals surface area contributed by atoms with Crippen molar-refractivity contribution in [1.29, 1.82) is 0 Å². The molecule has 0 saturated carbocycles. The monoisotopic (exact) mass is 135 g/mol. The third-order valence-corrected chi connectivity index (χ3v) is 1.10. The Morgan fingerprint density at radius 1 is 1.57 bits per heavy atom. The lowest BCUT2D eigenvalue weighted by Crippen LogP contribution is -2.15. The van der Waals surface area contributed by atoms with Crippen LogP contribution in [-0.2, 0) is 12.6 Å². The summed E-state index contributed by atoms with van der Waals surface area (Å²) in [6.45, 7) is 0. The summed E-state index contributed by atoms with van der Waals surface area (Å²) in [5, 5.41) is 0. The number of hydrogen-bond acceptors (Lipinski definition) is 2. The van der Waals surface area contributed by atoms with Crippen LogP contribution in [0.25, 0.3) is 0 Å². The minimum atomic E-state index is 0. The van der Waals surface area contributed by atoms with E-state index in [2.05, 4.69) is 24.8 Å². The number of hydrogen-bond donors (Lipinski definition) is 0. The third kappa shape index (κ3) is 5.98. The third-order valence-electron chi connectivity index (χ3n) is 0.365. The van der Waals surface area contributed by atoms with E-state index >= 15 is 0 Å². The summed E-state index contributed by atoms with van der Waals surface area (Å²) in [5.74, 6) is 0. The molecule has 0 unspecified atom stereocenters. The fourth-order valence-electron chi connectivity index (χ4n) is 0. The van der Waals surface area contributed by atoms with Gasteiger partial charge in [-0.05, 0) is 0 Å². The van der Waals surface area contributed by atoms with Crippen molar-refractivity contribution in [3.05, 3.63) is 7.43 Å². The molecule has 0 spiro atoms. The highest BCUT2D eigenvalue weighted by atomic mass is 32.1. The van der Waals surface area contributed by atoms with Crippen LogP contribution >= 0.6 is 12.2 Å². The minimum absolute atomic E-state index is 0. The maximum atomic E-state index is 4.56. The molecule has 0 saturated heterocycles. The Balaban J connectivity index is 0. The topological polar surface area (TPSA) is 3.24 Å². The van der Waals surface area contributed by atoms with Crippen molar-refractivity contribution >= 4 is 29.2 Å². The Kier molecular flexibility index (Phi) is 5.96. The van der Waals surface area contributed by atoms with Gasteiger partial charge in [0.25, 0.3) is 0 Å². The molecule has 0 amide bonds. The molecule has 42 valence electrons. The van der Waals surface area contributed by atoms with E-state index in [1.807, 2.05) is 14.1 Å². The first kappa shape index (κ1) is 10.1. The second-order valence-corrected chi connectivity index (χ2v) is 2.19. The number of thiocarbonyl (C=S) groups is 1. The van der Waals surface area contributed by atoms with Crippen molar-refractivity contribution in [3.63, 3.8) is 0 Å². The van der Waals surface area contributed by atoms with Crippen LogP contribution in [0.3, 0.4) is 0 Å². The standard InChI is InChI=1S/C3H7NS2.CH3/c1-4(2)3(5)6;/h1-2H3,(H,5,6);1H3/q;+1/p-1. The zero-order valence-electron chi connectivity index (χ0n) is 4.76. The van der Waals surface area contributed by atoms with Crippen LogP contribution < -0.4 is 0 Å². The van der Waals surface area contributed by atoms with Gasteiger partial charge in [-0.25, -0.2) is 0 Å². The highest BCUT2D eigenvalue weighted by Gasteiger charge is 1.71. The van der Waals surface area contributed by atoms with Gasteiger partial charge in [0.1, 0.15) is 0 Å². The fraction of sp³-hybridized carbons (Fsp3) is 0.500. The van der Waals surface area contributed by atoms with Crippen molar-refractivity contribution in [1.82, 2.24) is 4.90 Å². The van der Waals surface area contributed by atoms with E-state index in [0.717, 1.165) is 0 Å². The van der Waals surface area contributed by atoms with Crippen molar-refractivity contribution in [3.8, 4) is 0 Å². The molecule has 0 atom stereocenters. The molecule has 0 aromatic carbocycles. The summed E-state index contributed by atoms with van der Waals surface area (Å²) < 4.78 is 0.509. The van der Waals surface area contributed by atoms with Gasteiger partial charge in [-0.1, -0.05) is 4.32 Å². The molecule has 1 nitrogen and oxygen atoms in total. The maximum absolute atomic E-state index is 4.56. The zero-order valence-corrected chi connectivity index (χ0v) is 6.40. The van der Waals surface area contributed by atoms with Gasteiger partial charge in [0.15, 0.2) is 0 Å². The molecule has 7 heavy (non-hydrogen) atoms. The summed E-state index contributed by atoms with van der Waals surface area (Å²) >= 11 is 9.12. The van der Waals surface area contributed by atoms with Crippen molar-refractivity contribution < 1.29 is 0 Å². The molecule has 0 radical (unpaired) electrons. The Morgan fingerprint density at radius 3 is 1.71 bits per heavy atom. The van der Waals surface area contributed by atoms with Gasteiger partial charge in [0, 0.05) is 21.5 Å². The van der Waals surface area contributed by atoms with Crippen LogP contribution in [0.4, 0.5) is 0 Å². The van der Waals surface area contributed by atoms with E-state index in [0.29, 0.717) is 4.32 Å². The van der Waals surface area contributed by atoms with Gasteiger partial charge >= 0.3 is 0 Å². The highest BCUT2D eigenvalue weighted by molar-refractivity contribution is 8.00. The molecular formula is C4H9NS2. The Labute approximate surface area is 56.1 Å². The Morgan fingerprint density at radius 2 is 1.71 bits per heavy atom. The van der Waals surface area contributed by atoms with E-state index in [1.165, 1.54) is 0 Å². The Bertz CT molecular complexity index is 60.7. The van der Waals surface area contributed by atoms with Crippen molar-refractivity contribution in [2.24, 2.45) is 0 Å². The van der Waals surface area contributed by atoms with E-state index < -0.39 is 0 Å². The predicted octanol–water partition coefficient (Wildman–Crippen LogP) is 0.830. The number of nitrogens with zero attached hydrogens (tertiary/aromatic N) is 1. The van der Waals surface area contributed by atoms with Crippen LogP contribution in [-0.4, -0.2) is 23.3 Å². The lowest BCUT2D eigenvalue weighted by molar-refractivity contribution is 0.648. The molecule has 0 rings (SSSR count). The van der Waals surface area contributed by atoms with Crippen LogP contribution in [0.1, 0.15) is 0 Å².